The normalized spacial score (nSPS) is 14.5. The van der Waals surface area contributed by atoms with Crippen LogP contribution in [0.3, 0.4) is 0 Å². The van der Waals surface area contributed by atoms with Gasteiger partial charge in [-0.1, -0.05) is 6.07 Å². The van der Waals surface area contributed by atoms with Gasteiger partial charge in [0, 0.05) is 11.4 Å². The third kappa shape index (κ3) is 2.70. The first-order valence-electron chi connectivity index (χ1n) is 5.41. The molecule has 1 heterocycles. The smallest absolute Gasteiger partial charge is 0.339 e. The van der Waals surface area contributed by atoms with Gasteiger partial charge in [-0.2, -0.15) is 0 Å². The third-order valence-electron chi connectivity index (χ3n) is 2.66. The van der Waals surface area contributed by atoms with E-state index >= 15 is 0 Å². The molecule has 0 aromatic heterocycles. The Labute approximate surface area is 113 Å². The summed E-state index contributed by atoms with van der Waals surface area (Å²) in [5.41, 5.74) is 0.954. The molecule has 4 nitrogen and oxygen atoms in total. The summed E-state index contributed by atoms with van der Waals surface area (Å²) in [4.78, 5) is 21.8. The van der Waals surface area contributed by atoms with Gasteiger partial charge in [-0.25, -0.2) is 14.0 Å². The second-order valence-electron chi connectivity index (χ2n) is 3.97. The molecule has 0 bridgehead atoms. The minimum atomic E-state index is -1.20. The first-order valence-corrected chi connectivity index (χ1v) is 6.39. The molecule has 0 aliphatic carbocycles. The van der Waals surface area contributed by atoms with E-state index in [0.717, 1.165) is 0 Å². The van der Waals surface area contributed by atoms with Crippen molar-refractivity contribution in [3.05, 3.63) is 45.8 Å². The van der Waals surface area contributed by atoms with Crippen LogP contribution in [0.25, 0.3) is 0 Å². The lowest BCUT2D eigenvalue weighted by atomic mass is 10.1. The summed E-state index contributed by atoms with van der Waals surface area (Å²) < 4.78 is 13.4. The number of nitrogens with one attached hydrogen (secondary N) is 1. The summed E-state index contributed by atoms with van der Waals surface area (Å²) in [5, 5.41) is 12.2. The van der Waals surface area contributed by atoms with Gasteiger partial charge >= 0.3 is 5.97 Å². The molecule has 1 aliphatic rings. The van der Waals surface area contributed by atoms with Gasteiger partial charge in [0.2, 0.25) is 0 Å². The zero-order valence-electron chi connectivity index (χ0n) is 9.99. The number of aryl methyl sites for hydroxylation is 1. The summed E-state index contributed by atoms with van der Waals surface area (Å²) >= 11 is 1.18. The Morgan fingerprint density at radius 1 is 1.53 bits per heavy atom. The van der Waals surface area contributed by atoms with Crippen LogP contribution in [0.4, 0.5) is 10.1 Å². The number of rotatable bonds is 3. The van der Waals surface area contributed by atoms with E-state index in [9.17, 15) is 14.0 Å². The monoisotopic (exact) mass is 279 g/mol. The van der Waals surface area contributed by atoms with Gasteiger partial charge in [-0.3, -0.25) is 0 Å². The number of carbonyl (C=O) groups excluding carboxylic acids is 1. The lowest BCUT2D eigenvalue weighted by molar-refractivity contribution is -0.132. The fraction of sp³-hybridized carbons (Fsp3) is 0.154. The van der Waals surface area contributed by atoms with Gasteiger partial charge in [-0.15, -0.1) is 11.8 Å². The number of hydrogen-bond acceptors (Lipinski definition) is 4. The maximum Gasteiger partial charge on any atom is 0.339 e. The van der Waals surface area contributed by atoms with E-state index in [1.165, 1.54) is 17.8 Å². The van der Waals surface area contributed by atoms with E-state index in [2.05, 4.69) is 5.32 Å². The number of aliphatic carboxylic acids is 1. The molecule has 0 amide bonds. The van der Waals surface area contributed by atoms with Crippen LogP contribution in [0.1, 0.15) is 5.56 Å². The van der Waals surface area contributed by atoms with E-state index in [1.54, 1.807) is 25.0 Å². The molecule has 2 rings (SSSR count). The molecule has 0 spiro atoms. The Kier molecular flexibility index (Phi) is 3.74. The molecule has 0 unspecified atom stereocenters. The van der Waals surface area contributed by atoms with Gasteiger partial charge in [0.25, 0.3) is 0 Å². The summed E-state index contributed by atoms with van der Waals surface area (Å²) in [6.07, 6.45) is 0. The molecule has 1 aromatic carbocycles. The first-order chi connectivity index (χ1) is 9.02. The van der Waals surface area contributed by atoms with Crippen LogP contribution in [0.15, 0.2) is 34.4 Å². The van der Waals surface area contributed by atoms with Gasteiger partial charge in [0.05, 0.1) is 10.6 Å². The van der Waals surface area contributed by atoms with Crippen molar-refractivity contribution >= 4 is 29.4 Å². The Morgan fingerprint density at radius 2 is 2.26 bits per heavy atom. The third-order valence-corrected chi connectivity index (χ3v) is 3.68. The number of carboxylic acid groups (broad SMARTS) is 1. The minimum Gasteiger partial charge on any atom is -0.478 e. The average molecular weight is 279 g/mol. The molecule has 6 heteroatoms. The number of anilines is 1. The molecule has 98 valence electrons. The summed E-state index contributed by atoms with van der Waals surface area (Å²) in [6.45, 7) is 1.64. The van der Waals surface area contributed by atoms with Crippen LogP contribution in [-0.2, 0) is 9.59 Å². The largest absolute Gasteiger partial charge is 0.478 e. The molecular weight excluding hydrogens is 269 g/mol. The lowest BCUT2D eigenvalue weighted by Crippen LogP contribution is -2.07. The van der Waals surface area contributed by atoms with Gasteiger partial charge in [0.1, 0.15) is 17.3 Å². The Hall–Kier alpha value is -2.04. The second kappa shape index (κ2) is 5.30. The van der Waals surface area contributed by atoms with Gasteiger partial charge in [-0.05, 0) is 24.6 Å². The van der Waals surface area contributed by atoms with Crippen LogP contribution in [0.2, 0.25) is 0 Å². The molecule has 1 aliphatic heterocycles. The minimum absolute atomic E-state index is 0.0963. The van der Waals surface area contributed by atoms with Crippen molar-refractivity contribution < 1.29 is 19.1 Å². The Morgan fingerprint density at radius 3 is 2.84 bits per heavy atom. The first kappa shape index (κ1) is 13.4. The summed E-state index contributed by atoms with van der Waals surface area (Å²) in [5.74, 6) is 0.302. The SMILES string of the molecule is Cc1ccc(NC2=C(C(=O)O)C(=C=O)CS2)cc1F. The van der Waals surface area contributed by atoms with Crippen LogP contribution in [0, 0.1) is 12.7 Å². The second-order valence-corrected chi connectivity index (χ2v) is 4.95. The van der Waals surface area contributed by atoms with Gasteiger partial charge in [0.15, 0.2) is 0 Å². The fourth-order valence-electron chi connectivity index (χ4n) is 1.63. The number of thioether (sulfide) groups is 1. The van der Waals surface area contributed by atoms with Crippen molar-refractivity contribution in [2.75, 3.05) is 11.1 Å². The van der Waals surface area contributed by atoms with Crippen molar-refractivity contribution in [1.29, 1.82) is 0 Å². The number of hydrogen-bond donors (Lipinski definition) is 2. The molecule has 0 saturated heterocycles. The van der Waals surface area contributed by atoms with Crippen molar-refractivity contribution in [3.8, 4) is 0 Å². The summed E-state index contributed by atoms with van der Waals surface area (Å²) in [6, 6.07) is 4.52. The van der Waals surface area contributed by atoms with E-state index < -0.39 is 5.97 Å². The number of halogens is 1. The van der Waals surface area contributed by atoms with Crippen LogP contribution in [-0.4, -0.2) is 22.8 Å². The molecule has 0 atom stereocenters. The highest BCUT2D eigenvalue weighted by molar-refractivity contribution is 8.03. The quantitative estimate of drug-likeness (QED) is 0.831. The fourth-order valence-corrected chi connectivity index (χ4v) is 2.67. The molecule has 2 N–H and O–H groups in total. The Bertz CT molecular complexity index is 633. The van der Waals surface area contributed by atoms with Crippen molar-refractivity contribution in [3.63, 3.8) is 0 Å². The van der Waals surface area contributed by atoms with E-state index in [1.807, 2.05) is 0 Å². The number of carbonyl (C=O) groups is 1. The maximum atomic E-state index is 13.4. The molecular formula is C13H10FNO3S. The van der Waals surface area contributed by atoms with E-state index in [4.69, 9.17) is 5.11 Å². The zero-order valence-corrected chi connectivity index (χ0v) is 10.8. The van der Waals surface area contributed by atoms with E-state index in [-0.39, 0.29) is 22.7 Å². The molecule has 0 radical (unpaired) electrons. The molecule has 0 fully saturated rings. The van der Waals surface area contributed by atoms with Crippen molar-refractivity contribution in [1.82, 2.24) is 0 Å². The maximum absolute atomic E-state index is 13.4. The van der Waals surface area contributed by atoms with E-state index in [0.29, 0.717) is 16.3 Å². The lowest BCUT2D eigenvalue weighted by Gasteiger charge is -2.08. The van der Waals surface area contributed by atoms with Gasteiger partial charge < -0.3 is 10.4 Å². The Balaban J connectivity index is 2.36. The number of benzene rings is 1. The summed E-state index contributed by atoms with van der Waals surface area (Å²) in [7, 11) is 0. The zero-order chi connectivity index (χ0) is 14.0. The van der Waals surface area contributed by atoms with Crippen molar-refractivity contribution in [2.24, 2.45) is 0 Å². The predicted molar refractivity (Wildman–Crippen MR) is 71.1 cm³/mol. The predicted octanol–water partition coefficient (Wildman–Crippen LogP) is 2.35. The number of carboxylic acids is 1. The molecule has 19 heavy (non-hydrogen) atoms. The van der Waals surface area contributed by atoms with Crippen LogP contribution >= 0.6 is 11.8 Å². The van der Waals surface area contributed by atoms with Crippen LogP contribution in [0.5, 0.6) is 0 Å². The van der Waals surface area contributed by atoms with Crippen LogP contribution < -0.4 is 5.32 Å². The standard InChI is InChI=1S/C13H10FNO3S/c1-7-2-3-9(4-10(7)14)15-12-11(13(17)18)8(5-16)6-19-12/h2-4,15H,6H2,1H3,(H,17,18). The molecule has 0 saturated carbocycles. The highest BCUT2D eigenvalue weighted by Gasteiger charge is 2.27. The highest BCUT2D eigenvalue weighted by atomic mass is 32.2. The average Bonchev–Trinajstić information content (AvgIpc) is 2.77. The molecule has 1 aromatic rings. The topological polar surface area (TPSA) is 66.4 Å². The van der Waals surface area contributed by atoms with Crippen molar-refractivity contribution in [2.45, 2.75) is 6.92 Å². The highest BCUT2D eigenvalue weighted by Crippen LogP contribution is 2.35.